The van der Waals surface area contributed by atoms with Crippen molar-refractivity contribution >= 4 is 10.9 Å². The van der Waals surface area contributed by atoms with Gasteiger partial charge in [0.25, 0.3) is 0 Å². The molecule has 1 aromatic heterocycles. The fourth-order valence-electron chi connectivity index (χ4n) is 2.74. The van der Waals surface area contributed by atoms with Gasteiger partial charge in [-0.05, 0) is 43.4 Å². The van der Waals surface area contributed by atoms with Gasteiger partial charge in [0.2, 0.25) is 0 Å². The van der Waals surface area contributed by atoms with Gasteiger partial charge in [-0.2, -0.15) is 5.26 Å². The molecule has 2 nitrogen and oxygen atoms in total. The maximum Gasteiger partial charge on any atom is 0.0736 e. The van der Waals surface area contributed by atoms with E-state index in [9.17, 15) is 5.26 Å². The molecule has 1 heterocycles. The van der Waals surface area contributed by atoms with Crippen molar-refractivity contribution in [2.75, 3.05) is 0 Å². The van der Waals surface area contributed by atoms with E-state index in [4.69, 9.17) is 0 Å². The molecule has 3 rings (SSSR count). The van der Waals surface area contributed by atoms with Crippen LogP contribution in [0.5, 0.6) is 0 Å². The van der Waals surface area contributed by atoms with E-state index in [-0.39, 0.29) is 5.92 Å². The highest BCUT2D eigenvalue weighted by Gasteiger charge is 2.24. The van der Waals surface area contributed by atoms with Crippen molar-refractivity contribution < 1.29 is 0 Å². The molecule has 0 aliphatic heterocycles. The number of nitrogens with zero attached hydrogens (tertiary/aromatic N) is 1. The minimum atomic E-state index is 0.0835. The Bertz CT molecular complexity index is 587. The van der Waals surface area contributed by atoms with Crippen molar-refractivity contribution in [3.05, 3.63) is 35.0 Å². The van der Waals surface area contributed by atoms with Gasteiger partial charge in [-0.3, -0.25) is 0 Å². The van der Waals surface area contributed by atoms with Crippen LogP contribution in [-0.4, -0.2) is 4.98 Å². The van der Waals surface area contributed by atoms with Crippen molar-refractivity contribution in [2.45, 2.75) is 32.1 Å². The third kappa shape index (κ3) is 1.25. The molecule has 0 spiro atoms. The van der Waals surface area contributed by atoms with E-state index in [1.54, 1.807) is 0 Å². The van der Waals surface area contributed by atoms with Gasteiger partial charge < -0.3 is 4.98 Å². The lowest BCUT2D eigenvalue weighted by Gasteiger charge is -2.16. The number of rotatable bonds is 0. The molecular formula is C14H14N2. The molecule has 80 valence electrons. The molecule has 0 saturated heterocycles. The first-order valence-electron chi connectivity index (χ1n) is 5.80. The lowest BCUT2D eigenvalue weighted by Crippen LogP contribution is -2.06. The molecule has 2 aromatic rings. The zero-order valence-electron chi connectivity index (χ0n) is 9.38. The van der Waals surface area contributed by atoms with Crippen molar-refractivity contribution in [3.63, 3.8) is 0 Å². The fraction of sp³-hybridized carbons (Fsp3) is 0.357. The second kappa shape index (κ2) is 3.38. The van der Waals surface area contributed by atoms with Crippen LogP contribution in [0.2, 0.25) is 0 Å². The average molecular weight is 210 g/mol. The molecular weight excluding hydrogens is 196 g/mol. The van der Waals surface area contributed by atoms with Gasteiger partial charge in [-0.25, -0.2) is 0 Å². The predicted octanol–water partition coefficient (Wildman–Crippen LogP) is 3.42. The summed E-state index contributed by atoms with van der Waals surface area (Å²) in [7, 11) is 0. The summed E-state index contributed by atoms with van der Waals surface area (Å²) in [5.74, 6) is 0.0835. The Hall–Kier alpha value is -1.75. The highest BCUT2D eigenvalue weighted by atomic mass is 14.7. The first-order chi connectivity index (χ1) is 7.79. The van der Waals surface area contributed by atoms with Gasteiger partial charge in [-0.15, -0.1) is 0 Å². The normalized spacial score (nSPS) is 19.4. The first-order valence-corrected chi connectivity index (χ1v) is 5.80. The molecule has 0 radical (unpaired) electrons. The molecule has 1 aliphatic carbocycles. The average Bonchev–Trinajstić information content (AvgIpc) is 2.65. The third-order valence-corrected chi connectivity index (χ3v) is 3.50. The Kier molecular flexibility index (Phi) is 2.00. The molecule has 0 fully saturated rings. The van der Waals surface area contributed by atoms with E-state index in [1.165, 1.54) is 27.7 Å². The van der Waals surface area contributed by atoms with E-state index >= 15 is 0 Å². The number of hydrogen-bond donors (Lipinski definition) is 1. The lowest BCUT2D eigenvalue weighted by molar-refractivity contribution is 0.633. The summed E-state index contributed by atoms with van der Waals surface area (Å²) in [5, 5.41) is 10.4. The quantitative estimate of drug-likeness (QED) is 0.711. The summed E-state index contributed by atoms with van der Waals surface area (Å²) in [6, 6.07) is 8.87. The number of nitriles is 1. The smallest absolute Gasteiger partial charge is 0.0736 e. The van der Waals surface area contributed by atoms with Crippen LogP contribution in [0.4, 0.5) is 0 Å². The van der Waals surface area contributed by atoms with Crippen LogP contribution in [0, 0.1) is 18.3 Å². The van der Waals surface area contributed by atoms with Crippen molar-refractivity contribution in [1.29, 1.82) is 5.26 Å². The second-order valence-corrected chi connectivity index (χ2v) is 4.64. The molecule has 16 heavy (non-hydrogen) atoms. The van der Waals surface area contributed by atoms with Crippen LogP contribution in [-0.2, 0) is 6.42 Å². The van der Waals surface area contributed by atoms with Gasteiger partial charge in [0.1, 0.15) is 0 Å². The van der Waals surface area contributed by atoms with Crippen molar-refractivity contribution in [2.24, 2.45) is 0 Å². The molecule has 1 N–H and O–H groups in total. The van der Waals surface area contributed by atoms with Crippen molar-refractivity contribution in [3.8, 4) is 6.07 Å². The Morgan fingerprint density at radius 1 is 1.44 bits per heavy atom. The summed E-state index contributed by atoms with van der Waals surface area (Å²) in [5.41, 5.74) is 4.98. The van der Waals surface area contributed by atoms with Crippen LogP contribution in [0.3, 0.4) is 0 Å². The number of H-pyrrole nitrogens is 1. The number of aromatic nitrogens is 1. The fourth-order valence-corrected chi connectivity index (χ4v) is 2.74. The molecule has 1 aromatic carbocycles. The summed E-state index contributed by atoms with van der Waals surface area (Å²) < 4.78 is 0. The Labute approximate surface area is 94.9 Å². The predicted molar refractivity (Wildman–Crippen MR) is 64.3 cm³/mol. The van der Waals surface area contributed by atoms with E-state index in [2.05, 4.69) is 36.2 Å². The number of aryl methyl sites for hydroxylation is 2. The summed E-state index contributed by atoms with van der Waals surface area (Å²) in [6.07, 6.45) is 3.21. The summed E-state index contributed by atoms with van der Waals surface area (Å²) >= 11 is 0. The lowest BCUT2D eigenvalue weighted by atomic mass is 9.86. The number of nitrogens with one attached hydrogen (secondary N) is 1. The van der Waals surface area contributed by atoms with E-state index < -0.39 is 0 Å². The highest BCUT2D eigenvalue weighted by Crippen LogP contribution is 2.36. The second-order valence-electron chi connectivity index (χ2n) is 4.64. The number of aromatic amines is 1. The molecule has 2 heteroatoms. The van der Waals surface area contributed by atoms with Crippen LogP contribution >= 0.6 is 0 Å². The van der Waals surface area contributed by atoms with Gasteiger partial charge in [0.05, 0.1) is 12.0 Å². The third-order valence-electron chi connectivity index (χ3n) is 3.50. The van der Waals surface area contributed by atoms with Crippen LogP contribution < -0.4 is 0 Å². The Balaban J connectivity index is 2.31. The van der Waals surface area contributed by atoms with Gasteiger partial charge >= 0.3 is 0 Å². The maximum atomic E-state index is 9.21. The van der Waals surface area contributed by atoms with Crippen molar-refractivity contribution in [1.82, 2.24) is 4.98 Å². The Morgan fingerprint density at radius 3 is 3.12 bits per heavy atom. The van der Waals surface area contributed by atoms with E-state index in [0.717, 1.165) is 19.3 Å². The van der Waals surface area contributed by atoms with Gasteiger partial charge in [0, 0.05) is 16.6 Å². The van der Waals surface area contributed by atoms with Gasteiger partial charge in [-0.1, -0.05) is 12.1 Å². The minimum Gasteiger partial charge on any atom is -0.358 e. The first kappa shape index (κ1) is 9.47. The molecule has 1 atom stereocenters. The number of benzene rings is 1. The minimum absolute atomic E-state index is 0.0835. The largest absolute Gasteiger partial charge is 0.358 e. The molecule has 0 saturated carbocycles. The molecule has 1 aliphatic rings. The summed E-state index contributed by atoms with van der Waals surface area (Å²) in [4.78, 5) is 3.47. The maximum absolute atomic E-state index is 9.21. The highest BCUT2D eigenvalue weighted by molar-refractivity contribution is 5.86. The van der Waals surface area contributed by atoms with Crippen LogP contribution in [0.1, 0.15) is 35.6 Å². The monoisotopic (exact) mass is 210 g/mol. The molecule has 0 amide bonds. The molecule has 1 unspecified atom stereocenters. The Morgan fingerprint density at radius 2 is 2.31 bits per heavy atom. The zero-order chi connectivity index (χ0) is 11.1. The van der Waals surface area contributed by atoms with E-state index in [0.29, 0.717) is 0 Å². The topological polar surface area (TPSA) is 39.6 Å². The van der Waals surface area contributed by atoms with Crippen LogP contribution in [0.15, 0.2) is 18.2 Å². The van der Waals surface area contributed by atoms with E-state index in [1.807, 2.05) is 0 Å². The number of hydrogen-bond acceptors (Lipinski definition) is 1. The van der Waals surface area contributed by atoms with Gasteiger partial charge in [0.15, 0.2) is 0 Å². The molecule has 0 bridgehead atoms. The number of fused-ring (bicyclic) bond motifs is 3. The van der Waals surface area contributed by atoms with Crippen LogP contribution in [0.25, 0.3) is 10.9 Å². The SMILES string of the molecule is Cc1ccc2c3c([nH]c2c1)CCCC3C#N. The standard InChI is InChI=1S/C14H14N2/c1-9-5-6-11-13(7-9)16-12-4-2-3-10(8-15)14(11)12/h5-7,10,16H,2-4H2,1H3. The summed E-state index contributed by atoms with van der Waals surface area (Å²) in [6.45, 7) is 2.10. The zero-order valence-corrected chi connectivity index (χ0v) is 9.38.